The third kappa shape index (κ3) is 20.6. The zero-order chi connectivity index (χ0) is 66.1. The normalized spacial score (nSPS) is 12.6. The number of aromatic nitrogens is 3. The number of nitrogens with two attached hydrogens (primary N) is 2. The maximum absolute atomic E-state index is 14.8. The number of hydrogen-bond acceptors (Lipinski definition) is 15. The number of para-hydroxylation sites is 2. The summed E-state index contributed by atoms with van der Waals surface area (Å²) < 4.78 is 60.3. The molecule has 9 rings (SSSR count). The van der Waals surface area contributed by atoms with Crippen LogP contribution in [0.4, 0.5) is 16.2 Å². The summed E-state index contributed by atoms with van der Waals surface area (Å²) in [5.74, 6) is 0.154. The Balaban J connectivity index is 0.0000116. The lowest BCUT2D eigenvalue weighted by Gasteiger charge is -2.35. The number of aliphatic imine (C=N–C) groups is 1. The van der Waals surface area contributed by atoms with Gasteiger partial charge in [0.15, 0.2) is 11.7 Å². The van der Waals surface area contributed by atoms with Crippen LogP contribution < -0.4 is 53.1 Å². The van der Waals surface area contributed by atoms with Gasteiger partial charge in [0.1, 0.15) is 48.2 Å². The van der Waals surface area contributed by atoms with Gasteiger partial charge in [0.2, 0.25) is 11.3 Å². The van der Waals surface area contributed by atoms with E-state index in [1.807, 2.05) is 44.9 Å². The number of ether oxygens (including phenoxy) is 4. The standard InChI is InChI=1S/C71H88N11O11P.ClH/c1-5-78(6-2)56-33-35-62-64(49-56)91-65-50-57(79(7-3)8-4)34-36-63(65)68(62)60-26-19-20-27-61(60)69(84)81-40-38-80(39-41-81)67(83)28-18-10-9-11-21-37-82-51-55(76-77-82)52-89-45-44-87-42-43-88-46-47-90-71(85)75-66(48-53-29-31-54(32-30-53)74-70(72)73)94(86,92-58-22-14-12-15-23-58)93-59-24-16-13-17-25-59;/h12-17,19-20,22-27,29-36,49-51,66H,5-11,18,21,28,37-48,52H2,1-4H3,(H4-,72,73,74,75,85);1H. The van der Waals surface area contributed by atoms with Crippen LogP contribution in [0.3, 0.4) is 0 Å². The molecule has 2 aliphatic heterocycles. The van der Waals surface area contributed by atoms with E-state index in [1.165, 1.54) is 0 Å². The molecule has 0 bridgehead atoms. The molecule has 1 saturated heterocycles. The summed E-state index contributed by atoms with van der Waals surface area (Å²) in [6, 6.07) is 44.7. The van der Waals surface area contributed by atoms with Gasteiger partial charge in [-0.3, -0.25) is 14.3 Å². The number of halogens is 1. The fraction of sp³-hybridized carbons (Fsp3) is 0.394. The first-order valence-corrected chi connectivity index (χ1v) is 34.3. The van der Waals surface area contributed by atoms with Gasteiger partial charge < -0.3 is 76.3 Å². The number of amides is 3. The number of alkyl carbamates (subject to hydrolysis) is 1. The van der Waals surface area contributed by atoms with E-state index in [9.17, 15) is 18.9 Å². The van der Waals surface area contributed by atoms with E-state index in [2.05, 4.69) is 94.2 Å². The van der Waals surface area contributed by atoms with E-state index < -0.39 is 19.5 Å². The van der Waals surface area contributed by atoms with E-state index in [0.717, 1.165) is 115 Å². The number of fused-ring (bicyclic) bond motifs is 2. The lowest BCUT2D eigenvalue weighted by molar-refractivity contribution is -0.132. The molecule has 3 aliphatic rings. The van der Waals surface area contributed by atoms with Crippen molar-refractivity contribution in [3.63, 3.8) is 0 Å². The van der Waals surface area contributed by atoms with E-state index in [1.54, 1.807) is 84.9 Å². The third-order valence-electron chi connectivity index (χ3n) is 16.4. The van der Waals surface area contributed by atoms with Crippen molar-refractivity contribution in [1.29, 1.82) is 0 Å². The predicted octanol–water partition coefficient (Wildman–Crippen LogP) is 7.88. The van der Waals surface area contributed by atoms with Crippen LogP contribution in [-0.4, -0.2) is 146 Å². The number of unbranched alkanes of at least 4 members (excludes halogenated alkanes) is 4. The summed E-state index contributed by atoms with van der Waals surface area (Å²) in [7, 11) is -4.21. The van der Waals surface area contributed by atoms with Crippen LogP contribution in [0.5, 0.6) is 11.5 Å². The molecule has 1 unspecified atom stereocenters. The molecule has 22 nitrogen and oxygen atoms in total. The first-order valence-electron chi connectivity index (χ1n) is 32.7. The third-order valence-corrected chi connectivity index (χ3v) is 18.4. The molecule has 1 atom stereocenters. The Labute approximate surface area is 562 Å². The molecule has 506 valence electrons. The van der Waals surface area contributed by atoms with Crippen LogP contribution in [0, 0.1) is 0 Å². The second-order valence-corrected chi connectivity index (χ2v) is 24.8. The Morgan fingerprint density at radius 2 is 1.32 bits per heavy atom. The second-order valence-electron chi connectivity index (χ2n) is 22.7. The molecule has 5 N–H and O–H groups in total. The Kier molecular flexibility index (Phi) is 27.9. The van der Waals surface area contributed by atoms with Crippen molar-refractivity contribution in [2.24, 2.45) is 16.5 Å². The highest BCUT2D eigenvalue weighted by Gasteiger charge is 2.41. The number of hydrogen-bond donors (Lipinski definition) is 3. The number of benzene rings is 6. The summed E-state index contributed by atoms with van der Waals surface area (Å²) in [4.78, 5) is 51.4. The van der Waals surface area contributed by atoms with Crippen LogP contribution in [0.2, 0.25) is 0 Å². The monoisotopic (exact) mass is 1340 g/mol. The first kappa shape index (κ1) is 72.0. The topological polar surface area (TPSA) is 257 Å². The molecule has 1 aromatic heterocycles. The summed E-state index contributed by atoms with van der Waals surface area (Å²) in [5, 5.41) is 13.3. The highest BCUT2D eigenvalue weighted by Crippen LogP contribution is 2.53. The van der Waals surface area contributed by atoms with Gasteiger partial charge in [-0.15, -0.1) is 5.10 Å². The van der Waals surface area contributed by atoms with Crippen molar-refractivity contribution in [2.45, 2.75) is 91.6 Å². The number of rotatable bonds is 35. The molecular formula is C71H89ClN11O11P. The zero-order valence-corrected chi connectivity index (χ0v) is 56.5. The largest absolute Gasteiger partial charge is 1.00 e. The van der Waals surface area contributed by atoms with Crippen LogP contribution in [0.25, 0.3) is 33.4 Å². The van der Waals surface area contributed by atoms with Crippen molar-refractivity contribution >= 4 is 53.8 Å². The molecule has 0 radical (unpaired) electrons. The average molecular weight is 1340 g/mol. The fourth-order valence-corrected chi connectivity index (χ4v) is 13.2. The van der Waals surface area contributed by atoms with E-state index >= 15 is 0 Å². The molecule has 3 heterocycles. The zero-order valence-electron chi connectivity index (χ0n) is 54.8. The minimum Gasteiger partial charge on any atom is -1.00 e. The predicted molar refractivity (Wildman–Crippen MR) is 365 cm³/mol. The fourth-order valence-electron chi connectivity index (χ4n) is 11.4. The van der Waals surface area contributed by atoms with Crippen molar-refractivity contribution < 1.29 is 63.8 Å². The molecule has 6 aromatic rings. The SMILES string of the molecule is CCN(CC)c1ccc2c(-c3ccccc3C(=O)N3CCN(C(=O)CCCCCCCn4cc(COCCOCCOCCOC(=O)NC(Cc5ccc(N=C(N)N)cc5)P(=O)(Oc5ccccc5)Oc5ccccc5)nn4)CC3)c3ccc(=[N+](CC)CC)cc-3oc2c1.[Cl-]. The maximum atomic E-state index is 14.8. The van der Waals surface area contributed by atoms with Gasteiger partial charge in [-0.05, 0) is 112 Å². The molecule has 0 saturated carbocycles. The Morgan fingerprint density at radius 3 is 1.98 bits per heavy atom. The van der Waals surface area contributed by atoms with Crippen molar-refractivity contribution in [3.05, 3.63) is 174 Å². The molecular weight excluding hydrogens is 1250 g/mol. The highest BCUT2D eigenvalue weighted by atomic mass is 35.5. The number of anilines is 1. The van der Waals surface area contributed by atoms with Gasteiger partial charge in [0.05, 0.1) is 57.6 Å². The van der Waals surface area contributed by atoms with Crippen molar-refractivity contribution in [1.82, 2.24) is 34.7 Å². The summed E-state index contributed by atoms with van der Waals surface area (Å²) >= 11 is 0. The number of aryl methyl sites for hydroxylation is 1. The number of nitrogens with one attached hydrogen (secondary N) is 1. The van der Waals surface area contributed by atoms with Gasteiger partial charge in [0, 0.05) is 98.6 Å². The van der Waals surface area contributed by atoms with Crippen LogP contribution in [0.1, 0.15) is 87.8 Å². The molecule has 95 heavy (non-hydrogen) atoms. The van der Waals surface area contributed by atoms with Crippen molar-refractivity contribution in [2.75, 3.05) is 96.9 Å². The summed E-state index contributed by atoms with van der Waals surface area (Å²) in [5.41, 5.74) is 18.3. The lowest BCUT2D eigenvalue weighted by Crippen LogP contribution is -3.00. The Bertz CT molecular complexity index is 3790. The van der Waals surface area contributed by atoms with E-state index in [0.29, 0.717) is 75.8 Å². The minimum absolute atomic E-state index is 0. The van der Waals surface area contributed by atoms with Crippen molar-refractivity contribution in [3.8, 4) is 33.9 Å². The summed E-state index contributed by atoms with van der Waals surface area (Å²) in [6.45, 7) is 16.3. The molecule has 1 fully saturated rings. The Morgan fingerprint density at radius 1 is 0.695 bits per heavy atom. The van der Waals surface area contributed by atoms with Gasteiger partial charge >= 0.3 is 13.7 Å². The summed E-state index contributed by atoms with van der Waals surface area (Å²) in [6.07, 6.45) is 6.30. The second kappa shape index (κ2) is 36.8. The molecule has 3 amide bonds. The smallest absolute Gasteiger partial charge is 0.453 e. The average Bonchev–Trinajstić information content (AvgIpc) is 0.983. The van der Waals surface area contributed by atoms with Crippen LogP contribution >= 0.6 is 7.60 Å². The molecule has 1 aliphatic carbocycles. The minimum atomic E-state index is -4.21. The number of piperazine rings is 1. The molecule has 24 heteroatoms. The molecule has 5 aromatic carbocycles. The van der Waals surface area contributed by atoms with Gasteiger partial charge in [0.25, 0.3) is 5.91 Å². The highest BCUT2D eigenvalue weighted by molar-refractivity contribution is 7.55. The van der Waals surface area contributed by atoms with E-state index in [-0.39, 0.29) is 67.9 Å². The first-order chi connectivity index (χ1) is 45.8. The van der Waals surface area contributed by atoms with Crippen LogP contribution in [0.15, 0.2) is 161 Å². The number of guanidine groups is 1. The number of carbonyl (C=O) groups excluding carboxylic acids is 3. The number of carbonyl (C=O) groups is 3. The van der Waals surface area contributed by atoms with Gasteiger partial charge in [-0.25, -0.2) is 18.9 Å². The van der Waals surface area contributed by atoms with E-state index in [4.69, 9.17) is 43.9 Å². The molecule has 0 spiro atoms. The lowest BCUT2D eigenvalue weighted by atomic mass is 9.90. The maximum Gasteiger partial charge on any atom is 0.453 e. The number of nitrogens with zero attached hydrogens (tertiary/aromatic N) is 8. The van der Waals surface area contributed by atoms with Gasteiger partial charge in [-0.2, -0.15) is 0 Å². The Hall–Kier alpha value is -8.79. The van der Waals surface area contributed by atoms with Gasteiger partial charge in [-0.1, -0.05) is 91.2 Å². The quantitative estimate of drug-likeness (QED) is 0.00852. The van der Waals surface area contributed by atoms with Crippen LogP contribution in [-0.2, 0) is 47.9 Å².